The van der Waals surface area contributed by atoms with E-state index in [1.54, 1.807) is 23.3 Å². The van der Waals surface area contributed by atoms with Crippen LogP contribution in [0.2, 0.25) is 0 Å². The first kappa shape index (κ1) is 17.8. The van der Waals surface area contributed by atoms with E-state index in [4.69, 9.17) is 0 Å². The quantitative estimate of drug-likeness (QED) is 0.508. The van der Waals surface area contributed by atoms with E-state index in [1.807, 2.05) is 48.5 Å². The molecule has 1 saturated carbocycles. The Morgan fingerprint density at radius 1 is 1.17 bits per heavy atom. The highest BCUT2D eigenvalue weighted by atomic mass is 32.1. The molecule has 0 bridgehead atoms. The van der Waals surface area contributed by atoms with Crippen molar-refractivity contribution in [3.63, 3.8) is 0 Å². The zero-order valence-corrected chi connectivity index (χ0v) is 16.7. The van der Waals surface area contributed by atoms with Gasteiger partial charge >= 0.3 is 6.03 Å². The van der Waals surface area contributed by atoms with Crippen molar-refractivity contribution in [1.29, 1.82) is 0 Å². The largest absolute Gasteiger partial charge is 0.321 e. The van der Waals surface area contributed by atoms with Gasteiger partial charge < -0.3 is 10.2 Å². The number of benzene rings is 2. The molecule has 29 heavy (non-hydrogen) atoms. The maximum Gasteiger partial charge on any atom is 0.321 e. The first-order chi connectivity index (χ1) is 14.2. The second-order valence-electron chi connectivity index (χ2n) is 7.26. The van der Waals surface area contributed by atoms with E-state index in [0.717, 1.165) is 32.3 Å². The molecule has 2 N–H and O–H groups in total. The molecule has 2 amide bonds. The third-order valence-electron chi connectivity index (χ3n) is 4.92. The minimum Gasteiger partial charge on any atom is -0.321 e. The fraction of sp³-hybridized carbons (Fsp3) is 0.238. The van der Waals surface area contributed by atoms with Gasteiger partial charge in [0.25, 0.3) is 0 Å². The van der Waals surface area contributed by atoms with Gasteiger partial charge in [0.1, 0.15) is 10.8 Å². The molecule has 5 rings (SSSR count). The first-order valence-electron chi connectivity index (χ1n) is 9.55. The third-order valence-corrected chi connectivity index (χ3v) is 5.94. The van der Waals surface area contributed by atoms with Crippen molar-refractivity contribution in [2.24, 2.45) is 0 Å². The molecule has 1 aliphatic carbocycles. The Bertz CT molecular complexity index is 1130. The fourth-order valence-electron chi connectivity index (χ4n) is 3.13. The number of H-pyrrole nitrogens is 1. The number of urea groups is 1. The summed E-state index contributed by atoms with van der Waals surface area (Å²) >= 11 is 1.61. The Morgan fingerprint density at radius 2 is 1.97 bits per heavy atom. The summed E-state index contributed by atoms with van der Waals surface area (Å²) in [6.45, 7) is 0.463. The van der Waals surface area contributed by atoms with Crippen molar-refractivity contribution >= 4 is 33.3 Å². The van der Waals surface area contributed by atoms with Crippen molar-refractivity contribution in [2.45, 2.75) is 25.3 Å². The lowest BCUT2D eigenvalue weighted by Crippen LogP contribution is -2.30. The number of rotatable bonds is 5. The van der Waals surface area contributed by atoms with Gasteiger partial charge in [-0.1, -0.05) is 12.1 Å². The number of thiazole rings is 1. The van der Waals surface area contributed by atoms with Crippen LogP contribution < -0.4 is 5.32 Å². The molecule has 146 valence electrons. The average molecular weight is 404 g/mol. The SMILES string of the molecule is CN(Cc1nc2ccccc2s1)C(=O)Nc1ccc(-c2n[nH]c(C3CC3)n2)cc1. The van der Waals surface area contributed by atoms with Gasteiger partial charge in [0.05, 0.1) is 16.8 Å². The number of amides is 2. The van der Waals surface area contributed by atoms with E-state index in [-0.39, 0.29) is 6.03 Å². The molecule has 1 aliphatic rings. The Kier molecular flexibility index (Phi) is 4.48. The highest BCUT2D eigenvalue weighted by Gasteiger charge is 2.27. The predicted octanol–water partition coefficient (Wildman–Crippen LogP) is 4.62. The minimum absolute atomic E-state index is 0.175. The molecule has 2 aromatic heterocycles. The molecule has 0 saturated heterocycles. The molecule has 4 aromatic rings. The van der Waals surface area contributed by atoms with E-state index < -0.39 is 0 Å². The van der Waals surface area contributed by atoms with Crippen LogP contribution in [-0.2, 0) is 6.54 Å². The van der Waals surface area contributed by atoms with Crippen molar-refractivity contribution in [1.82, 2.24) is 25.1 Å². The molecule has 2 aromatic carbocycles. The van der Waals surface area contributed by atoms with Gasteiger partial charge in [-0.05, 0) is 49.2 Å². The highest BCUT2D eigenvalue weighted by molar-refractivity contribution is 7.18. The number of carbonyl (C=O) groups excluding carboxylic acids is 1. The second kappa shape index (κ2) is 7.29. The maximum absolute atomic E-state index is 12.5. The molecule has 8 heteroatoms. The molecule has 0 atom stereocenters. The van der Waals surface area contributed by atoms with Crippen molar-refractivity contribution in [3.8, 4) is 11.4 Å². The van der Waals surface area contributed by atoms with Crippen molar-refractivity contribution in [2.75, 3.05) is 12.4 Å². The number of para-hydroxylation sites is 1. The van der Waals surface area contributed by atoms with Gasteiger partial charge in [-0.15, -0.1) is 11.3 Å². The lowest BCUT2D eigenvalue weighted by molar-refractivity contribution is 0.220. The Hall–Kier alpha value is -3.26. The van der Waals surface area contributed by atoms with Gasteiger partial charge in [0.15, 0.2) is 5.82 Å². The van der Waals surface area contributed by atoms with Gasteiger partial charge in [-0.3, -0.25) is 5.10 Å². The van der Waals surface area contributed by atoms with Crippen LogP contribution in [-0.4, -0.2) is 38.1 Å². The number of aromatic nitrogens is 4. The average Bonchev–Trinajstić information content (AvgIpc) is 3.31. The van der Waals surface area contributed by atoms with E-state index in [1.165, 1.54) is 12.8 Å². The fourth-order valence-corrected chi connectivity index (χ4v) is 4.15. The molecule has 0 unspecified atom stereocenters. The van der Waals surface area contributed by atoms with Gasteiger partial charge in [-0.2, -0.15) is 5.10 Å². The summed E-state index contributed by atoms with van der Waals surface area (Å²) in [5, 5.41) is 11.1. The maximum atomic E-state index is 12.5. The number of anilines is 1. The van der Waals surface area contributed by atoms with Crippen molar-refractivity contribution < 1.29 is 4.79 Å². The molecule has 2 heterocycles. The third kappa shape index (κ3) is 3.84. The molecule has 0 aliphatic heterocycles. The molecule has 7 nitrogen and oxygen atoms in total. The van der Waals surface area contributed by atoms with Crippen LogP contribution in [0.15, 0.2) is 48.5 Å². The summed E-state index contributed by atoms with van der Waals surface area (Å²) in [5.74, 6) is 2.20. The van der Waals surface area contributed by atoms with Crippen LogP contribution >= 0.6 is 11.3 Å². The monoisotopic (exact) mass is 404 g/mol. The van der Waals surface area contributed by atoms with Crippen LogP contribution in [0.4, 0.5) is 10.5 Å². The standard InChI is InChI=1S/C21H20N6OS/c1-27(12-18-23-16-4-2-3-5-17(16)29-18)21(28)22-15-10-8-14(9-11-15)20-24-19(25-26-20)13-6-7-13/h2-5,8-11,13H,6-7,12H2,1H3,(H,22,28)(H,24,25,26). The molecular formula is C21H20N6OS. The molecule has 0 radical (unpaired) electrons. The van der Waals surface area contributed by atoms with Crippen LogP contribution in [0.5, 0.6) is 0 Å². The van der Waals surface area contributed by atoms with Crippen LogP contribution in [0, 0.1) is 0 Å². The smallest absolute Gasteiger partial charge is 0.321 e. The molecular weight excluding hydrogens is 384 g/mol. The topological polar surface area (TPSA) is 86.8 Å². The van der Waals surface area contributed by atoms with Crippen LogP contribution in [0.3, 0.4) is 0 Å². The highest BCUT2D eigenvalue weighted by Crippen LogP contribution is 2.38. The minimum atomic E-state index is -0.175. The van der Waals surface area contributed by atoms with Gasteiger partial charge in [0.2, 0.25) is 0 Å². The van der Waals surface area contributed by atoms with Crippen LogP contribution in [0.1, 0.15) is 29.6 Å². The number of nitrogens with one attached hydrogen (secondary N) is 2. The predicted molar refractivity (Wildman–Crippen MR) is 114 cm³/mol. The van der Waals surface area contributed by atoms with Gasteiger partial charge in [0, 0.05) is 24.2 Å². The Labute approximate surface area is 171 Å². The summed E-state index contributed by atoms with van der Waals surface area (Å²) < 4.78 is 1.13. The number of nitrogens with zero attached hydrogens (tertiary/aromatic N) is 4. The Balaban J connectivity index is 1.22. The molecule has 0 spiro atoms. The summed E-state index contributed by atoms with van der Waals surface area (Å²) in [6.07, 6.45) is 2.37. The normalized spacial score (nSPS) is 13.6. The molecule has 1 fully saturated rings. The number of fused-ring (bicyclic) bond motifs is 1. The summed E-state index contributed by atoms with van der Waals surface area (Å²) in [6, 6.07) is 15.4. The number of aromatic amines is 1. The van der Waals surface area contributed by atoms with E-state index in [9.17, 15) is 4.79 Å². The lowest BCUT2D eigenvalue weighted by Gasteiger charge is -2.16. The number of carbonyl (C=O) groups is 1. The zero-order valence-electron chi connectivity index (χ0n) is 15.9. The van der Waals surface area contributed by atoms with Crippen molar-refractivity contribution in [3.05, 3.63) is 59.4 Å². The Morgan fingerprint density at radius 3 is 2.72 bits per heavy atom. The summed E-state index contributed by atoms with van der Waals surface area (Å²) in [7, 11) is 1.77. The lowest BCUT2D eigenvalue weighted by atomic mass is 10.2. The second-order valence-corrected chi connectivity index (χ2v) is 8.37. The van der Waals surface area contributed by atoms with Crippen LogP contribution in [0.25, 0.3) is 21.6 Å². The number of hydrogen-bond donors (Lipinski definition) is 2. The van der Waals surface area contributed by atoms with E-state index >= 15 is 0 Å². The number of hydrogen-bond acceptors (Lipinski definition) is 5. The van der Waals surface area contributed by atoms with Gasteiger partial charge in [-0.25, -0.2) is 14.8 Å². The van der Waals surface area contributed by atoms with E-state index in [2.05, 4.69) is 25.5 Å². The summed E-state index contributed by atoms with van der Waals surface area (Å²) in [4.78, 5) is 23.3. The first-order valence-corrected chi connectivity index (χ1v) is 10.4. The zero-order chi connectivity index (χ0) is 19.8. The van der Waals surface area contributed by atoms with E-state index in [0.29, 0.717) is 18.3 Å². The summed E-state index contributed by atoms with van der Waals surface area (Å²) in [5.41, 5.74) is 2.62.